The van der Waals surface area contributed by atoms with Crippen LogP contribution < -0.4 is 10.6 Å². The van der Waals surface area contributed by atoms with Crippen molar-refractivity contribution < 1.29 is 19.1 Å². The van der Waals surface area contributed by atoms with Crippen LogP contribution in [0.15, 0.2) is 54.6 Å². The lowest BCUT2D eigenvalue weighted by atomic mass is 9.73. The molecule has 2 aromatic carbocycles. The zero-order valence-corrected chi connectivity index (χ0v) is 25.5. The fourth-order valence-electron chi connectivity index (χ4n) is 7.50. The van der Waals surface area contributed by atoms with E-state index >= 15 is 0 Å². The number of carbonyl (C=O) groups is 3. The van der Waals surface area contributed by atoms with Crippen molar-refractivity contribution in [3.63, 3.8) is 0 Å². The van der Waals surface area contributed by atoms with Crippen LogP contribution in [0.2, 0.25) is 5.02 Å². The monoisotopic (exact) mass is 589 g/mol. The lowest BCUT2D eigenvalue weighted by molar-refractivity contribution is -0.141. The summed E-state index contributed by atoms with van der Waals surface area (Å²) < 4.78 is 6.52. The fourth-order valence-corrected chi connectivity index (χ4v) is 7.63. The smallest absolute Gasteiger partial charge is 0.246 e. The molecule has 1 spiro atoms. The molecule has 1 aliphatic carbocycles. The molecule has 3 amide bonds. The Hall–Kier alpha value is -3.16. The third kappa shape index (κ3) is 4.94. The van der Waals surface area contributed by atoms with Crippen LogP contribution in [0.5, 0.6) is 0 Å². The van der Waals surface area contributed by atoms with Gasteiger partial charge in [0.25, 0.3) is 0 Å². The number of amides is 3. The SMILES string of the molecule is Cc1ccc(NC(=O)[C@@H]2[C@@H]3C=C[C@]4(O3)[C@@H]2C(=O)N(CCc2ccc(Cl)cc2)[C@H]4C(=O)N[C@@H]2CCC[C@H](C)[C@H]2C)cc1C. The molecule has 2 N–H and O–H groups in total. The molecule has 42 heavy (non-hydrogen) atoms. The number of rotatable bonds is 7. The van der Waals surface area contributed by atoms with Gasteiger partial charge in [0.05, 0.1) is 17.9 Å². The predicted molar refractivity (Wildman–Crippen MR) is 163 cm³/mol. The zero-order chi connectivity index (χ0) is 29.8. The van der Waals surface area contributed by atoms with E-state index in [9.17, 15) is 14.4 Å². The standard InChI is InChI=1S/C34H40ClN3O4/c1-19-8-13-25(18-21(19)3)36-31(39)28-27-14-16-34(42-27)29(28)33(41)38(17-15-23-9-11-24(35)12-10-23)30(34)32(40)37-26-7-5-6-20(2)22(26)4/h8-14,16,18,20,22,26-30H,5-7,15,17H2,1-4H3,(H,36,39)(H,37,40)/t20-,22+,26+,27-,28+,29-,30-,34-/m0/s1. The predicted octanol–water partition coefficient (Wildman–Crippen LogP) is 5.23. The quantitative estimate of drug-likeness (QED) is 0.433. The van der Waals surface area contributed by atoms with Gasteiger partial charge in [-0.2, -0.15) is 0 Å². The molecule has 2 aromatic rings. The molecule has 1 saturated carbocycles. The van der Waals surface area contributed by atoms with E-state index in [4.69, 9.17) is 16.3 Å². The molecule has 0 aromatic heterocycles. The summed E-state index contributed by atoms with van der Waals surface area (Å²) in [4.78, 5) is 43.9. The third-order valence-corrected chi connectivity index (χ3v) is 10.5. The van der Waals surface area contributed by atoms with Crippen LogP contribution in [0, 0.1) is 37.5 Å². The van der Waals surface area contributed by atoms with Crippen molar-refractivity contribution in [2.75, 3.05) is 11.9 Å². The van der Waals surface area contributed by atoms with Gasteiger partial charge in [-0.1, -0.05) is 68.6 Å². The second-order valence-corrected chi connectivity index (χ2v) is 13.2. The summed E-state index contributed by atoms with van der Waals surface area (Å²) in [6, 6.07) is 12.5. The Balaban J connectivity index is 1.30. The van der Waals surface area contributed by atoms with Crippen molar-refractivity contribution >= 4 is 35.0 Å². The molecule has 8 heteroatoms. The van der Waals surface area contributed by atoms with Crippen LogP contribution in [0.25, 0.3) is 0 Å². The Morgan fingerprint density at radius 2 is 1.81 bits per heavy atom. The van der Waals surface area contributed by atoms with Gasteiger partial charge < -0.3 is 20.3 Å². The average molecular weight is 590 g/mol. The molecule has 3 aliphatic heterocycles. The topological polar surface area (TPSA) is 87.7 Å². The van der Waals surface area contributed by atoms with Gasteiger partial charge in [0, 0.05) is 23.3 Å². The molecule has 4 aliphatic rings. The van der Waals surface area contributed by atoms with Gasteiger partial charge in [-0.25, -0.2) is 0 Å². The Labute approximate surface area is 253 Å². The summed E-state index contributed by atoms with van der Waals surface area (Å²) in [5.74, 6) is -1.33. The third-order valence-electron chi connectivity index (χ3n) is 10.3. The number of likely N-dealkylation sites (tertiary alicyclic amines) is 1. The number of hydrogen-bond acceptors (Lipinski definition) is 4. The molecule has 2 bridgehead atoms. The van der Waals surface area contributed by atoms with E-state index < -0.39 is 29.6 Å². The molecule has 6 rings (SSSR count). The van der Waals surface area contributed by atoms with Crippen molar-refractivity contribution in [2.24, 2.45) is 23.7 Å². The Morgan fingerprint density at radius 3 is 2.55 bits per heavy atom. The van der Waals surface area contributed by atoms with Crippen molar-refractivity contribution in [2.45, 2.75) is 77.2 Å². The minimum absolute atomic E-state index is 0.0383. The summed E-state index contributed by atoms with van der Waals surface area (Å²) in [6.45, 7) is 8.78. The van der Waals surface area contributed by atoms with Crippen LogP contribution in [0.3, 0.4) is 0 Å². The number of nitrogens with one attached hydrogen (secondary N) is 2. The molecule has 222 valence electrons. The van der Waals surface area contributed by atoms with E-state index in [0.29, 0.717) is 35.5 Å². The van der Waals surface area contributed by atoms with E-state index in [0.717, 1.165) is 36.0 Å². The molecule has 3 fully saturated rings. The van der Waals surface area contributed by atoms with Crippen molar-refractivity contribution in [1.82, 2.24) is 10.2 Å². The number of anilines is 1. The van der Waals surface area contributed by atoms with Gasteiger partial charge in [0.15, 0.2) is 0 Å². The minimum Gasteiger partial charge on any atom is -0.359 e. The highest BCUT2D eigenvalue weighted by atomic mass is 35.5. The second kappa shape index (κ2) is 11.2. The van der Waals surface area contributed by atoms with Crippen molar-refractivity contribution in [1.29, 1.82) is 0 Å². The normalized spacial score (nSPS) is 33.1. The molecule has 0 radical (unpaired) electrons. The first-order chi connectivity index (χ1) is 20.1. The highest BCUT2D eigenvalue weighted by Gasteiger charge is 2.72. The van der Waals surface area contributed by atoms with Crippen LogP contribution >= 0.6 is 11.6 Å². The van der Waals surface area contributed by atoms with E-state index in [1.165, 1.54) is 0 Å². The second-order valence-electron chi connectivity index (χ2n) is 12.8. The number of hydrogen-bond donors (Lipinski definition) is 2. The summed E-state index contributed by atoms with van der Waals surface area (Å²) >= 11 is 6.09. The number of carbonyl (C=O) groups excluding carboxylic acids is 3. The number of nitrogens with zero attached hydrogens (tertiary/aromatic N) is 1. The number of benzene rings is 2. The number of halogens is 1. The molecule has 2 saturated heterocycles. The fraction of sp³-hybridized carbons (Fsp3) is 0.500. The maximum Gasteiger partial charge on any atom is 0.246 e. The highest BCUT2D eigenvalue weighted by Crippen LogP contribution is 2.55. The van der Waals surface area contributed by atoms with Gasteiger partial charge in [0.1, 0.15) is 11.6 Å². The molecule has 7 nitrogen and oxygen atoms in total. The number of ether oxygens (including phenoxy) is 1. The number of aryl methyl sites for hydroxylation is 2. The molecule has 0 unspecified atom stereocenters. The van der Waals surface area contributed by atoms with Crippen LogP contribution in [-0.4, -0.2) is 53.0 Å². The summed E-state index contributed by atoms with van der Waals surface area (Å²) in [6.07, 6.45) is 6.86. The minimum atomic E-state index is -1.18. The highest BCUT2D eigenvalue weighted by molar-refractivity contribution is 6.30. The van der Waals surface area contributed by atoms with Crippen LogP contribution in [0.4, 0.5) is 5.69 Å². The maximum absolute atomic E-state index is 14.3. The zero-order valence-electron chi connectivity index (χ0n) is 24.7. The van der Waals surface area contributed by atoms with E-state index in [-0.39, 0.29) is 23.8 Å². The van der Waals surface area contributed by atoms with Gasteiger partial charge in [0.2, 0.25) is 17.7 Å². The molecular weight excluding hydrogens is 550 g/mol. The van der Waals surface area contributed by atoms with Crippen molar-refractivity contribution in [3.8, 4) is 0 Å². The Bertz CT molecular complexity index is 1420. The van der Waals surface area contributed by atoms with Gasteiger partial charge in [-0.3, -0.25) is 14.4 Å². The van der Waals surface area contributed by atoms with Gasteiger partial charge in [-0.05, 0) is 79.5 Å². The first kappa shape index (κ1) is 28.9. The Kier molecular flexibility index (Phi) is 7.69. The van der Waals surface area contributed by atoms with E-state index in [1.54, 1.807) is 4.90 Å². The van der Waals surface area contributed by atoms with Gasteiger partial charge >= 0.3 is 0 Å². The average Bonchev–Trinajstić information content (AvgIpc) is 3.60. The van der Waals surface area contributed by atoms with Crippen LogP contribution in [0.1, 0.15) is 49.8 Å². The summed E-state index contributed by atoms with van der Waals surface area (Å²) in [5, 5.41) is 6.99. The van der Waals surface area contributed by atoms with Crippen LogP contribution in [-0.2, 0) is 25.5 Å². The van der Waals surface area contributed by atoms with E-state index in [1.807, 2.05) is 68.5 Å². The molecular formula is C34H40ClN3O4. The summed E-state index contributed by atoms with van der Waals surface area (Å²) in [5.41, 5.74) is 2.72. The molecule has 3 heterocycles. The molecule has 8 atom stereocenters. The maximum atomic E-state index is 14.3. The first-order valence-corrected chi connectivity index (χ1v) is 15.6. The first-order valence-electron chi connectivity index (χ1n) is 15.2. The lowest BCUT2D eigenvalue weighted by Gasteiger charge is -2.38. The van der Waals surface area contributed by atoms with Crippen molar-refractivity contribution in [3.05, 3.63) is 76.3 Å². The largest absolute Gasteiger partial charge is 0.359 e. The Morgan fingerprint density at radius 1 is 1.05 bits per heavy atom. The number of fused-ring (bicyclic) bond motifs is 1. The lowest BCUT2D eigenvalue weighted by Crippen LogP contribution is -2.58. The van der Waals surface area contributed by atoms with Gasteiger partial charge in [-0.15, -0.1) is 0 Å². The summed E-state index contributed by atoms with van der Waals surface area (Å²) in [7, 11) is 0. The van der Waals surface area contributed by atoms with E-state index in [2.05, 4.69) is 24.5 Å².